The van der Waals surface area contributed by atoms with Crippen molar-refractivity contribution in [2.75, 3.05) is 20.1 Å². The first-order valence-corrected chi connectivity index (χ1v) is 6.91. The molecule has 19 heavy (non-hydrogen) atoms. The number of nitrogens with zero attached hydrogens (tertiary/aromatic N) is 1. The van der Waals surface area contributed by atoms with Gasteiger partial charge in [-0.05, 0) is 31.4 Å². The Labute approximate surface area is 115 Å². The Morgan fingerprint density at radius 3 is 2.68 bits per heavy atom. The van der Waals surface area contributed by atoms with Gasteiger partial charge in [0.2, 0.25) is 5.91 Å². The van der Waals surface area contributed by atoms with Gasteiger partial charge < -0.3 is 11.1 Å². The lowest BCUT2D eigenvalue weighted by Gasteiger charge is -2.26. The van der Waals surface area contributed by atoms with Gasteiger partial charge in [0.25, 0.3) is 0 Å². The van der Waals surface area contributed by atoms with Gasteiger partial charge >= 0.3 is 0 Å². The fourth-order valence-corrected chi connectivity index (χ4v) is 2.41. The first-order valence-electron chi connectivity index (χ1n) is 6.91. The molecule has 2 rings (SSSR count). The predicted molar refractivity (Wildman–Crippen MR) is 76.5 cm³/mol. The van der Waals surface area contributed by atoms with E-state index in [1.54, 1.807) is 0 Å². The molecule has 3 N–H and O–H groups in total. The van der Waals surface area contributed by atoms with Gasteiger partial charge in [0, 0.05) is 19.1 Å². The van der Waals surface area contributed by atoms with Crippen LogP contribution in [0.15, 0.2) is 30.3 Å². The van der Waals surface area contributed by atoms with Crippen molar-refractivity contribution in [3.8, 4) is 0 Å². The van der Waals surface area contributed by atoms with Crippen LogP contribution < -0.4 is 11.1 Å². The summed E-state index contributed by atoms with van der Waals surface area (Å²) in [5.41, 5.74) is 6.90. The van der Waals surface area contributed by atoms with Gasteiger partial charge in [-0.1, -0.05) is 30.3 Å². The average molecular weight is 261 g/mol. The lowest BCUT2D eigenvalue weighted by Crippen LogP contribution is -2.44. The Balaban J connectivity index is 1.74. The van der Waals surface area contributed by atoms with Crippen molar-refractivity contribution in [1.29, 1.82) is 0 Å². The standard InChI is InChI=1S/C15H23N3O/c1-18(14(9-16)13-7-8-13)11-15(19)17-10-12-5-3-2-4-6-12/h2-6,13-14H,7-11,16H2,1H3,(H,17,19). The highest BCUT2D eigenvalue weighted by Gasteiger charge is 2.33. The summed E-state index contributed by atoms with van der Waals surface area (Å²) >= 11 is 0. The van der Waals surface area contributed by atoms with Crippen molar-refractivity contribution in [2.45, 2.75) is 25.4 Å². The molecule has 1 fully saturated rings. The van der Waals surface area contributed by atoms with E-state index in [2.05, 4.69) is 10.2 Å². The number of likely N-dealkylation sites (N-methyl/N-ethyl adjacent to an activating group) is 1. The van der Waals surface area contributed by atoms with Gasteiger partial charge in [-0.2, -0.15) is 0 Å². The van der Waals surface area contributed by atoms with Crippen molar-refractivity contribution in [3.05, 3.63) is 35.9 Å². The average Bonchev–Trinajstić information content (AvgIpc) is 3.23. The number of rotatable bonds is 7. The van der Waals surface area contributed by atoms with Gasteiger partial charge in [-0.3, -0.25) is 9.69 Å². The van der Waals surface area contributed by atoms with Crippen LogP contribution in [-0.2, 0) is 11.3 Å². The summed E-state index contributed by atoms with van der Waals surface area (Å²) in [4.78, 5) is 14.0. The summed E-state index contributed by atoms with van der Waals surface area (Å²) in [6.07, 6.45) is 2.50. The fraction of sp³-hybridized carbons (Fsp3) is 0.533. The maximum atomic E-state index is 11.9. The minimum absolute atomic E-state index is 0.0606. The molecule has 1 aliphatic rings. The highest BCUT2D eigenvalue weighted by molar-refractivity contribution is 5.78. The zero-order chi connectivity index (χ0) is 13.7. The van der Waals surface area contributed by atoms with E-state index < -0.39 is 0 Å². The number of amides is 1. The second kappa shape index (κ2) is 6.68. The first-order chi connectivity index (χ1) is 9.20. The zero-order valence-corrected chi connectivity index (χ0v) is 11.5. The first kappa shape index (κ1) is 14.0. The number of carbonyl (C=O) groups excluding carboxylic acids is 1. The third-order valence-electron chi connectivity index (χ3n) is 3.70. The number of hydrogen-bond donors (Lipinski definition) is 2. The summed E-state index contributed by atoms with van der Waals surface area (Å²) in [5.74, 6) is 0.752. The summed E-state index contributed by atoms with van der Waals surface area (Å²) in [6.45, 7) is 1.64. The molecule has 0 aliphatic heterocycles. The van der Waals surface area contributed by atoms with Gasteiger partial charge in [-0.15, -0.1) is 0 Å². The van der Waals surface area contributed by atoms with E-state index in [9.17, 15) is 4.79 Å². The molecule has 1 saturated carbocycles. The molecule has 0 saturated heterocycles. The molecular formula is C15H23N3O. The van der Waals surface area contributed by atoms with Crippen LogP contribution in [0.5, 0.6) is 0 Å². The zero-order valence-electron chi connectivity index (χ0n) is 11.5. The number of nitrogens with two attached hydrogens (primary N) is 1. The largest absolute Gasteiger partial charge is 0.351 e. The third kappa shape index (κ3) is 4.33. The normalized spacial score (nSPS) is 16.4. The topological polar surface area (TPSA) is 58.4 Å². The minimum Gasteiger partial charge on any atom is -0.351 e. The number of benzene rings is 1. The van der Waals surface area contributed by atoms with E-state index in [0.29, 0.717) is 31.6 Å². The van der Waals surface area contributed by atoms with Crippen LogP contribution in [0.25, 0.3) is 0 Å². The van der Waals surface area contributed by atoms with Crippen LogP contribution in [0.4, 0.5) is 0 Å². The Bertz CT molecular complexity index is 403. The SMILES string of the molecule is CN(CC(=O)NCc1ccccc1)C(CN)C1CC1. The molecular weight excluding hydrogens is 238 g/mol. The van der Waals surface area contributed by atoms with E-state index >= 15 is 0 Å². The van der Waals surface area contributed by atoms with E-state index in [-0.39, 0.29) is 5.91 Å². The van der Waals surface area contributed by atoms with Crippen LogP contribution in [0.2, 0.25) is 0 Å². The molecule has 1 unspecified atom stereocenters. The quantitative estimate of drug-likeness (QED) is 0.769. The van der Waals surface area contributed by atoms with Crippen LogP contribution in [0.3, 0.4) is 0 Å². The summed E-state index contributed by atoms with van der Waals surface area (Å²) in [6, 6.07) is 10.3. The maximum absolute atomic E-state index is 11.9. The predicted octanol–water partition coefficient (Wildman–Crippen LogP) is 0.972. The highest BCUT2D eigenvalue weighted by atomic mass is 16.2. The van der Waals surface area contributed by atoms with Crippen molar-refractivity contribution in [3.63, 3.8) is 0 Å². The molecule has 0 heterocycles. The van der Waals surface area contributed by atoms with Crippen molar-refractivity contribution >= 4 is 5.91 Å². The molecule has 4 heteroatoms. The summed E-state index contributed by atoms with van der Waals surface area (Å²) < 4.78 is 0. The molecule has 0 bridgehead atoms. The van der Waals surface area contributed by atoms with Crippen molar-refractivity contribution in [1.82, 2.24) is 10.2 Å². The second-order valence-corrected chi connectivity index (χ2v) is 5.32. The van der Waals surface area contributed by atoms with Gasteiger partial charge in [-0.25, -0.2) is 0 Å². The molecule has 104 valence electrons. The molecule has 0 aromatic heterocycles. The number of nitrogens with one attached hydrogen (secondary N) is 1. The van der Waals surface area contributed by atoms with E-state index in [0.717, 1.165) is 5.56 Å². The summed E-state index contributed by atoms with van der Waals surface area (Å²) in [5, 5.41) is 2.95. The van der Waals surface area contributed by atoms with Gasteiger partial charge in [0.1, 0.15) is 0 Å². The number of hydrogen-bond acceptors (Lipinski definition) is 3. The van der Waals surface area contributed by atoms with Crippen LogP contribution >= 0.6 is 0 Å². The Hall–Kier alpha value is -1.39. The van der Waals surface area contributed by atoms with E-state index in [4.69, 9.17) is 5.73 Å². The van der Waals surface area contributed by atoms with E-state index in [1.807, 2.05) is 37.4 Å². The molecule has 4 nitrogen and oxygen atoms in total. The molecule has 1 atom stereocenters. The summed E-state index contributed by atoms with van der Waals surface area (Å²) in [7, 11) is 1.98. The lowest BCUT2D eigenvalue weighted by molar-refractivity contribution is -0.122. The van der Waals surface area contributed by atoms with Gasteiger partial charge in [0.05, 0.1) is 6.54 Å². The van der Waals surface area contributed by atoms with Crippen LogP contribution in [-0.4, -0.2) is 37.0 Å². The van der Waals surface area contributed by atoms with Gasteiger partial charge in [0.15, 0.2) is 0 Å². The molecule has 1 aromatic rings. The Morgan fingerprint density at radius 2 is 2.11 bits per heavy atom. The Morgan fingerprint density at radius 1 is 1.42 bits per heavy atom. The molecule has 1 aromatic carbocycles. The van der Waals surface area contributed by atoms with Crippen molar-refractivity contribution in [2.24, 2.45) is 11.7 Å². The molecule has 1 amide bonds. The smallest absolute Gasteiger partial charge is 0.234 e. The fourth-order valence-electron chi connectivity index (χ4n) is 2.41. The van der Waals surface area contributed by atoms with Crippen molar-refractivity contribution < 1.29 is 4.79 Å². The molecule has 0 radical (unpaired) electrons. The molecule has 1 aliphatic carbocycles. The minimum atomic E-state index is 0.0606. The second-order valence-electron chi connectivity index (χ2n) is 5.32. The third-order valence-corrected chi connectivity index (χ3v) is 3.70. The van der Waals surface area contributed by atoms with E-state index in [1.165, 1.54) is 12.8 Å². The molecule has 0 spiro atoms. The van der Waals surface area contributed by atoms with Crippen LogP contribution in [0.1, 0.15) is 18.4 Å². The highest BCUT2D eigenvalue weighted by Crippen LogP contribution is 2.34. The van der Waals surface area contributed by atoms with Crippen LogP contribution in [0, 0.1) is 5.92 Å². The Kier molecular flexibility index (Phi) is 4.93. The number of carbonyl (C=O) groups is 1. The maximum Gasteiger partial charge on any atom is 0.234 e. The lowest BCUT2D eigenvalue weighted by atomic mass is 10.1. The monoisotopic (exact) mass is 261 g/mol.